The molecule has 3 rings (SSSR count). The van der Waals surface area contributed by atoms with Gasteiger partial charge in [-0.15, -0.1) is 12.4 Å². The molecule has 7 heteroatoms. The van der Waals surface area contributed by atoms with E-state index in [4.69, 9.17) is 5.73 Å². The summed E-state index contributed by atoms with van der Waals surface area (Å²) in [5.74, 6) is 1.75. The molecule has 0 bridgehead atoms. The third-order valence-corrected chi connectivity index (χ3v) is 4.04. The predicted octanol–water partition coefficient (Wildman–Crippen LogP) is 1.95. The minimum absolute atomic E-state index is 0. The van der Waals surface area contributed by atoms with Crippen LogP contribution in [0.3, 0.4) is 0 Å². The monoisotopic (exact) mass is 335 g/mol. The van der Waals surface area contributed by atoms with Crippen molar-refractivity contribution in [2.75, 3.05) is 13.1 Å². The number of aromatic amines is 1. The van der Waals surface area contributed by atoms with E-state index in [0.717, 1.165) is 30.8 Å². The number of carbonyl (C=O) groups is 1. The van der Waals surface area contributed by atoms with Gasteiger partial charge in [0, 0.05) is 24.6 Å². The Hall–Kier alpha value is -1.92. The van der Waals surface area contributed by atoms with Crippen molar-refractivity contribution in [2.45, 2.75) is 31.7 Å². The number of carbonyl (C=O) groups excluding carboxylic acids is 1. The summed E-state index contributed by atoms with van der Waals surface area (Å²) in [6, 6.07) is 9.42. The SMILES string of the molecule is CC(N)C(=O)N1CCCC(c2nc(-c3ccccc3)n[nH]2)C1.Cl. The number of halogens is 1. The Morgan fingerprint density at radius 2 is 2.13 bits per heavy atom. The molecule has 1 amide bonds. The molecule has 1 aliphatic rings. The molecular weight excluding hydrogens is 314 g/mol. The number of hydrogen-bond acceptors (Lipinski definition) is 4. The topological polar surface area (TPSA) is 87.9 Å². The van der Waals surface area contributed by atoms with Crippen molar-refractivity contribution in [1.29, 1.82) is 0 Å². The van der Waals surface area contributed by atoms with E-state index in [0.29, 0.717) is 12.4 Å². The molecule has 1 saturated heterocycles. The number of nitrogens with one attached hydrogen (secondary N) is 1. The predicted molar refractivity (Wildman–Crippen MR) is 91.3 cm³/mol. The van der Waals surface area contributed by atoms with E-state index < -0.39 is 6.04 Å². The number of aromatic nitrogens is 3. The molecule has 2 unspecified atom stereocenters. The van der Waals surface area contributed by atoms with E-state index >= 15 is 0 Å². The fourth-order valence-electron chi connectivity index (χ4n) is 2.86. The molecule has 0 radical (unpaired) electrons. The van der Waals surface area contributed by atoms with E-state index in [1.54, 1.807) is 6.92 Å². The molecule has 2 heterocycles. The third-order valence-electron chi connectivity index (χ3n) is 4.04. The Morgan fingerprint density at radius 1 is 1.39 bits per heavy atom. The molecule has 1 aromatic heterocycles. The zero-order valence-corrected chi connectivity index (χ0v) is 13.9. The number of amides is 1. The summed E-state index contributed by atoms with van der Waals surface area (Å²) in [6.07, 6.45) is 1.97. The lowest BCUT2D eigenvalue weighted by Crippen LogP contribution is -2.46. The van der Waals surface area contributed by atoms with Crippen LogP contribution in [0.25, 0.3) is 11.4 Å². The highest BCUT2D eigenvalue weighted by molar-refractivity contribution is 5.85. The lowest BCUT2D eigenvalue weighted by Gasteiger charge is -2.32. The van der Waals surface area contributed by atoms with Gasteiger partial charge in [0.15, 0.2) is 5.82 Å². The number of nitrogens with zero attached hydrogens (tertiary/aromatic N) is 3. The molecule has 0 aliphatic carbocycles. The standard InChI is InChI=1S/C16H21N5O.ClH/c1-11(17)16(22)21-9-5-8-13(10-21)15-18-14(19-20-15)12-6-3-2-4-7-12;/h2-4,6-7,11,13H,5,8-10,17H2,1H3,(H,18,19,20);1H. The number of H-pyrrole nitrogens is 1. The van der Waals surface area contributed by atoms with Gasteiger partial charge < -0.3 is 10.6 Å². The van der Waals surface area contributed by atoms with Crippen LogP contribution in [0.2, 0.25) is 0 Å². The molecule has 1 aromatic carbocycles. The number of benzene rings is 1. The average molecular weight is 336 g/mol. The Balaban J connectivity index is 0.00000192. The van der Waals surface area contributed by atoms with Gasteiger partial charge in [-0.1, -0.05) is 30.3 Å². The van der Waals surface area contributed by atoms with Gasteiger partial charge in [0.05, 0.1) is 6.04 Å². The Labute approximate surface area is 141 Å². The minimum Gasteiger partial charge on any atom is -0.341 e. The van der Waals surface area contributed by atoms with Crippen molar-refractivity contribution in [1.82, 2.24) is 20.1 Å². The van der Waals surface area contributed by atoms with Gasteiger partial charge in [0.25, 0.3) is 0 Å². The van der Waals surface area contributed by atoms with Crippen molar-refractivity contribution in [2.24, 2.45) is 5.73 Å². The van der Waals surface area contributed by atoms with Gasteiger partial charge in [-0.3, -0.25) is 9.89 Å². The van der Waals surface area contributed by atoms with Crippen molar-refractivity contribution >= 4 is 18.3 Å². The largest absolute Gasteiger partial charge is 0.341 e. The van der Waals surface area contributed by atoms with E-state index in [2.05, 4.69) is 15.2 Å². The quantitative estimate of drug-likeness (QED) is 0.897. The van der Waals surface area contributed by atoms with Gasteiger partial charge in [-0.25, -0.2) is 4.98 Å². The third kappa shape index (κ3) is 3.89. The molecule has 124 valence electrons. The maximum Gasteiger partial charge on any atom is 0.239 e. The summed E-state index contributed by atoms with van der Waals surface area (Å²) < 4.78 is 0. The van der Waals surface area contributed by atoms with Crippen LogP contribution in [0.1, 0.15) is 31.5 Å². The summed E-state index contributed by atoms with van der Waals surface area (Å²) in [4.78, 5) is 18.5. The second kappa shape index (κ2) is 7.57. The molecule has 1 aliphatic heterocycles. The molecule has 3 N–H and O–H groups in total. The van der Waals surface area contributed by atoms with Crippen LogP contribution in [-0.2, 0) is 4.79 Å². The molecule has 0 saturated carbocycles. The lowest BCUT2D eigenvalue weighted by molar-refractivity contribution is -0.133. The van der Waals surface area contributed by atoms with E-state index in [-0.39, 0.29) is 24.2 Å². The highest BCUT2D eigenvalue weighted by atomic mass is 35.5. The molecule has 23 heavy (non-hydrogen) atoms. The second-order valence-electron chi connectivity index (χ2n) is 5.82. The van der Waals surface area contributed by atoms with Crippen LogP contribution in [0, 0.1) is 0 Å². The fourth-order valence-corrected chi connectivity index (χ4v) is 2.86. The first-order chi connectivity index (χ1) is 10.6. The first-order valence-corrected chi connectivity index (χ1v) is 7.67. The van der Waals surface area contributed by atoms with Gasteiger partial charge in [-0.05, 0) is 19.8 Å². The van der Waals surface area contributed by atoms with Crippen LogP contribution in [0.5, 0.6) is 0 Å². The lowest BCUT2D eigenvalue weighted by atomic mass is 9.97. The number of rotatable bonds is 3. The van der Waals surface area contributed by atoms with Gasteiger partial charge in [-0.2, -0.15) is 5.10 Å². The van der Waals surface area contributed by atoms with Crippen molar-refractivity contribution in [3.05, 3.63) is 36.2 Å². The Kier molecular flexibility index (Phi) is 5.74. The van der Waals surface area contributed by atoms with Gasteiger partial charge >= 0.3 is 0 Å². The van der Waals surface area contributed by atoms with Crippen molar-refractivity contribution in [3.8, 4) is 11.4 Å². The fraction of sp³-hybridized carbons (Fsp3) is 0.438. The Bertz CT molecular complexity index is 643. The summed E-state index contributed by atoms with van der Waals surface area (Å²) in [5, 5.41) is 7.33. The maximum atomic E-state index is 12.1. The summed E-state index contributed by atoms with van der Waals surface area (Å²) in [7, 11) is 0. The van der Waals surface area contributed by atoms with Crippen molar-refractivity contribution < 1.29 is 4.79 Å². The normalized spacial score (nSPS) is 19.0. The first-order valence-electron chi connectivity index (χ1n) is 7.67. The number of likely N-dealkylation sites (tertiary alicyclic amines) is 1. The summed E-state index contributed by atoms with van der Waals surface area (Å²) in [6.45, 7) is 3.16. The van der Waals surface area contributed by atoms with Crippen LogP contribution in [0.4, 0.5) is 0 Å². The maximum absolute atomic E-state index is 12.1. The van der Waals surface area contributed by atoms with E-state index in [1.165, 1.54) is 0 Å². The highest BCUT2D eigenvalue weighted by Crippen LogP contribution is 2.26. The molecule has 2 atom stereocenters. The highest BCUT2D eigenvalue weighted by Gasteiger charge is 2.28. The van der Waals surface area contributed by atoms with Crippen LogP contribution < -0.4 is 5.73 Å². The zero-order chi connectivity index (χ0) is 15.5. The minimum atomic E-state index is -0.451. The zero-order valence-electron chi connectivity index (χ0n) is 13.1. The Morgan fingerprint density at radius 3 is 2.83 bits per heavy atom. The van der Waals surface area contributed by atoms with E-state index in [1.807, 2.05) is 35.2 Å². The average Bonchev–Trinajstić information content (AvgIpc) is 3.05. The number of hydrogen-bond donors (Lipinski definition) is 2. The molecule has 6 nitrogen and oxygen atoms in total. The van der Waals surface area contributed by atoms with Crippen LogP contribution in [-0.4, -0.2) is 45.1 Å². The first kappa shape index (κ1) is 17.4. The second-order valence-corrected chi connectivity index (χ2v) is 5.82. The molecule has 0 spiro atoms. The van der Waals surface area contributed by atoms with E-state index in [9.17, 15) is 4.79 Å². The smallest absolute Gasteiger partial charge is 0.239 e. The van der Waals surface area contributed by atoms with Crippen LogP contribution >= 0.6 is 12.4 Å². The van der Waals surface area contributed by atoms with Crippen LogP contribution in [0.15, 0.2) is 30.3 Å². The number of nitrogens with two attached hydrogens (primary N) is 1. The summed E-state index contributed by atoms with van der Waals surface area (Å²) >= 11 is 0. The number of piperidine rings is 1. The summed E-state index contributed by atoms with van der Waals surface area (Å²) in [5.41, 5.74) is 6.69. The van der Waals surface area contributed by atoms with Gasteiger partial charge in [0.1, 0.15) is 5.82 Å². The molecule has 1 fully saturated rings. The van der Waals surface area contributed by atoms with Gasteiger partial charge in [0.2, 0.25) is 5.91 Å². The van der Waals surface area contributed by atoms with Crippen molar-refractivity contribution in [3.63, 3.8) is 0 Å². The molecular formula is C16H22ClN5O. The molecule has 2 aromatic rings.